The summed E-state index contributed by atoms with van der Waals surface area (Å²) >= 11 is 10.8. The zero-order chi connectivity index (χ0) is 23.9. The number of alkyl halides is 3. The van der Waals surface area contributed by atoms with Crippen LogP contribution in [-0.4, -0.2) is 70.6 Å². The fourth-order valence-corrected chi connectivity index (χ4v) is 5.88. The van der Waals surface area contributed by atoms with Crippen LogP contribution in [0.1, 0.15) is 11.7 Å². The van der Waals surface area contributed by atoms with Crippen LogP contribution in [0.15, 0.2) is 33.2 Å². The summed E-state index contributed by atoms with van der Waals surface area (Å²) in [6.07, 6.45) is -5.99. The topological polar surface area (TPSA) is 126 Å². The van der Waals surface area contributed by atoms with E-state index >= 15 is 0 Å². The Balaban J connectivity index is 1.59. The smallest absolute Gasteiger partial charge is 0.394 e. The highest BCUT2D eigenvalue weighted by atomic mass is 79.9. The van der Waals surface area contributed by atoms with E-state index in [0.29, 0.717) is 10.7 Å². The molecular weight excluding hydrogens is 575 g/mol. The van der Waals surface area contributed by atoms with Crippen molar-refractivity contribution in [1.29, 1.82) is 0 Å². The average molecular weight is 589 g/mol. The van der Waals surface area contributed by atoms with E-state index in [1.165, 1.54) is 28.3 Å². The van der Waals surface area contributed by atoms with Crippen LogP contribution in [0.2, 0.25) is 5.15 Å². The summed E-state index contributed by atoms with van der Waals surface area (Å²) in [7, 11) is 0. The van der Waals surface area contributed by atoms with E-state index in [2.05, 4.69) is 36.2 Å². The van der Waals surface area contributed by atoms with E-state index in [0.717, 1.165) is 18.0 Å². The first-order valence-corrected chi connectivity index (χ1v) is 12.1. The molecular formula is C17H14BrClF3N5O4S2. The van der Waals surface area contributed by atoms with Crippen LogP contribution in [0.3, 0.4) is 0 Å². The van der Waals surface area contributed by atoms with E-state index in [4.69, 9.17) is 16.3 Å². The Hall–Kier alpha value is -1.33. The summed E-state index contributed by atoms with van der Waals surface area (Å²) in [5.41, 5.74) is -1.79. The van der Waals surface area contributed by atoms with Gasteiger partial charge in [-0.2, -0.15) is 13.2 Å². The number of aliphatic hydroxyl groups excluding tert-OH is 3. The van der Waals surface area contributed by atoms with Crippen molar-refractivity contribution in [3.8, 4) is 10.7 Å². The summed E-state index contributed by atoms with van der Waals surface area (Å²) in [6.45, 7) is -0.569. The standard InChI is InChI=1S/C17H14BrClF3N5O4S2/c18-7-1-6(2-23-14(7)17(20,21)22)33-16-13(30)11(12(29)9(4-28)31-16)27-3-8(25-26-27)15-24-10(19)5-32-15/h1-3,5,9,11-13,16,28-30H,4H2/t9?,11?,12-,13-,16+/m0/s1. The maximum absolute atomic E-state index is 13.0. The van der Waals surface area contributed by atoms with Gasteiger partial charge in [0.1, 0.15) is 45.6 Å². The molecule has 0 aromatic carbocycles. The third-order valence-corrected chi connectivity index (χ3v) is 7.61. The molecule has 3 N–H and O–H groups in total. The van der Waals surface area contributed by atoms with Crippen LogP contribution >= 0.6 is 50.6 Å². The molecule has 1 aliphatic rings. The number of pyridine rings is 1. The van der Waals surface area contributed by atoms with Gasteiger partial charge in [0.15, 0.2) is 5.69 Å². The van der Waals surface area contributed by atoms with Gasteiger partial charge >= 0.3 is 6.18 Å². The Labute approximate surface area is 205 Å². The van der Waals surface area contributed by atoms with Crippen molar-refractivity contribution in [2.24, 2.45) is 0 Å². The van der Waals surface area contributed by atoms with Gasteiger partial charge in [-0.1, -0.05) is 28.6 Å². The quantitative estimate of drug-likeness (QED) is 0.412. The van der Waals surface area contributed by atoms with Crippen molar-refractivity contribution in [2.75, 3.05) is 6.61 Å². The van der Waals surface area contributed by atoms with E-state index in [-0.39, 0.29) is 14.5 Å². The molecule has 5 atom stereocenters. The summed E-state index contributed by atoms with van der Waals surface area (Å²) in [6, 6.07) is 0.126. The molecule has 1 saturated heterocycles. The SMILES string of the molecule is OCC1O[C@H](Sc2cnc(C(F)(F)F)c(Br)c2)[C@@H](O)C(n2cc(-c3nc(Cl)cs3)nn2)[C@H]1O. The van der Waals surface area contributed by atoms with Gasteiger partial charge < -0.3 is 20.1 Å². The Morgan fingerprint density at radius 1 is 1.30 bits per heavy atom. The fraction of sp³-hybridized carbons (Fsp3) is 0.412. The normalized spacial score (nSPS) is 26.0. The van der Waals surface area contributed by atoms with Crippen molar-refractivity contribution in [1.82, 2.24) is 25.0 Å². The number of halogens is 5. The highest BCUT2D eigenvalue weighted by Gasteiger charge is 2.46. The molecule has 3 aromatic rings. The number of hydrogen-bond donors (Lipinski definition) is 3. The second kappa shape index (κ2) is 9.73. The van der Waals surface area contributed by atoms with Crippen LogP contribution in [0, 0.1) is 0 Å². The minimum Gasteiger partial charge on any atom is -0.394 e. The Bertz CT molecular complexity index is 1140. The summed E-state index contributed by atoms with van der Waals surface area (Å²) < 4.78 is 45.4. The molecule has 4 rings (SSSR count). The Morgan fingerprint density at radius 3 is 2.67 bits per heavy atom. The molecule has 0 radical (unpaired) electrons. The van der Waals surface area contributed by atoms with Crippen LogP contribution < -0.4 is 0 Å². The van der Waals surface area contributed by atoms with Crippen LogP contribution in [0.5, 0.6) is 0 Å². The maximum Gasteiger partial charge on any atom is 0.434 e. The molecule has 1 aliphatic heterocycles. The van der Waals surface area contributed by atoms with E-state index in [1.54, 1.807) is 5.38 Å². The number of ether oxygens (including phenoxy) is 1. The van der Waals surface area contributed by atoms with Gasteiger partial charge in [-0.05, 0) is 22.0 Å². The highest BCUT2D eigenvalue weighted by Crippen LogP contribution is 2.40. The zero-order valence-electron chi connectivity index (χ0n) is 16.1. The van der Waals surface area contributed by atoms with Gasteiger partial charge in [-0.25, -0.2) is 14.6 Å². The first-order chi connectivity index (χ1) is 15.6. The molecule has 2 unspecified atom stereocenters. The Kier molecular flexibility index (Phi) is 7.31. The second-order valence-electron chi connectivity index (χ2n) is 6.87. The molecule has 0 aliphatic carbocycles. The first-order valence-electron chi connectivity index (χ1n) is 9.13. The number of hydrogen-bond acceptors (Lipinski definition) is 10. The predicted octanol–water partition coefficient (Wildman–Crippen LogP) is 3.00. The molecule has 9 nitrogen and oxygen atoms in total. The van der Waals surface area contributed by atoms with Crippen LogP contribution in [-0.2, 0) is 10.9 Å². The molecule has 0 saturated carbocycles. The highest BCUT2D eigenvalue weighted by molar-refractivity contribution is 9.10. The van der Waals surface area contributed by atoms with Crippen molar-refractivity contribution >= 4 is 50.6 Å². The van der Waals surface area contributed by atoms with Crippen LogP contribution in [0.4, 0.5) is 13.2 Å². The molecule has 16 heteroatoms. The van der Waals surface area contributed by atoms with Crippen molar-refractivity contribution in [2.45, 2.75) is 40.9 Å². The molecule has 0 amide bonds. The van der Waals surface area contributed by atoms with E-state index < -0.39 is 48.3 Å². The maximum atomic E-state index is 13.0. The number of aliphatic hydroxyl groups is 3. The lowest BCUT2D eigenvalue weighted by molar-refractivity contribution is -0.178. The molecule has 33 heavy (non-hydrogen) atoms. The van der Waals surface area contributed by atoms with Gasteiger partial charge in [-0.3, -0.25) is 0 Å². The van der Waals surface area contributed by atoms with Gasteiger partial charge in [0.25, 0.3) is 0 Å². The average Bonchev–Trinajstić information content (AvgIpc) is 3.38. The largest absolute Gasteiger partial charge is 0.434 e. The molecule has 178 valence electrons. The van der Waals surface area contributed by atoms with Crippen molar-refractivity contribution < 1.29 is 33.2 Å². The van der Waals surface area contributed by atoms with Crippen molar-refractivity contribution in [3.63, 3.8) is 0 Å². The lowest BCUT2D eigenvalue weighted by Gasteiger charge is -2.41. The first kappa shape index (κ1) is 24.8. The van der Waals surface area contributed by atoms with Gasteiger partial charge in [-0.15, -0.1) is 16.4 Å². The second-order valence-corrected chi connectivity index (χ2v) is 10.1. The number of aromatic nitrogens is 5. The molecule has 3 aromatic heterocycles. The zero-order valence-corrected chi connectivity index (χ0v) is 20.1. The van der Waals surface area contributed by atoms with Gasteiger partial charge in [0, 0.05) is 20.9 Å². The molecule has 4 heterocycles. The van der Waals surface area contributed by atoms with E-state index in [9.17, 15) is 28.5 Å². The minimum absolute atomic E-state index is 0.266. The minimum atomic E-state index is -4.63. The summed E-state index contributed by atoms with van der Waals surface area (Å²) in [5.74, 6) is 0. The molecule has 0 bridgehead atoms. The number of thiazole rings is 1. The molecule has 0 spiro atoms. The van der Waals surface area contributed by atoms with Crippen LogP contribution in [0.25, 0.3) is 10.7 Å². The lowest BCUT2D eigenvalue weighted by atomic mass is 9.97. The Morgan fingerprint density at radius 2 is 2.06 bits per heavy atom. The third-order valence-electron chi connectivity index (χ3n) is 4.70. The summed E-state index contributed by atoms with van der Waals surface area (Å²) in [5, 5.41) is 41.6. The fourth-order valence-electron chi connectivity index (χ4n) is 3.20. The number of thioether (sulfide) groups is 1. The predicted molar refractivity (Wildman–Crippen MR) is 116 cm³/mol. The summed E-state index contributed by atoms with van der Waals surface area (Å²) in [4.78, 5) is 7.80. The monoisotopic (exact) mass is 587 g/mol. The number of nitrogens with zero attached hydrogens (tertiary/aromatic N) is 5. The van der Waals surface area contributed by atoms with Gasteiger partial charge in [0.2, 0.25) is 0 Å². The van der Waals surface area contributed by atoms with Gasteiger partial charge in [0.05, 0.1) is 12.8 Å². The third kappa shape index (κ3) is 5.19. The van der Waals surface area contributed by atoms with E-state index in [1.807, 2.05) is 0 Å². The molecule has 1 fully saturated rings. The number of rotatable bonds is 5. The van der Waals surface area contributed by atoms with Crippen molar-refractivity contribution in [3.05, 3.63) is 39.2 Å². The lowest BCUT2D eigenvalue weighted by Crippen LogP contribution is -2.55.